The number of carbonyl (C=O) groups excluding carboxylic acids is 1. The molecule has 0 N–H and O–H groups in total. The lowest BCUT2D eigenvalue weighted by Crippen LogP contribution is -2.46. The van der Waals surface area contributed by atoms with E-state index in [1.807, 2.05) is 30.3 Å². The fraction of sp³-hybridized carbons (Fsp3) is 0.417. The second-order valence-corrected chi connectivity index (χ2v) is 4.02. The molecule has 2 rings (SSSR count). The number of alkyl halides is 1. The van der Waals surface area contributed by atoms with Crippen LogP contribution >= 0.6 is 0 Å². The normalized spacial score (nSPS) is 24.7. The molecule has 0 saturated carbocycles. The number of nitrogens with zero attached hydrogens (tertiary/aromatic N) is 1. The van der Waals surface area contributed by atoms with Crippen LogP contribution in [0.2, 0.25) is 0 Å². The van der Waals surface area contributed by atoms with Gasteiger partial charge < -0.3 is 14.8 Å². The van der Waals surface area contributed by atoms with E-state index in [0.29, 0.717) is 6.42 Å². The Hall–Kier alpha value is -1.58. The van der Waals surface area contributed by atoms with Gasteiger partial charge in [0.2, 0.25) is 0 Å². The molecule has 3 nitrogen and oxygen atoms in total. The lowest BCUT2D eigenvalue weighted by Gasteiger charge is -2.27. The van der Waals surface area contributed by atoms with Gasteiger partial charge in [0.25, 0.3) is 0 Å². The Morgan fingerprint density at radius 1 is 1.44 bits per heavy atom. The molecule has 2 atom stereocenters. The predicted octanol–water partition coefficient (Wildman–Crippen LogP) is 0.985. The molecule has 1 amide bonds. The van der Waals surface area contributed by atoms with Crippen LogP contribution in [0.1, 0.15) is 12.0 Å². The SMILES string of the molecule is O=C([O-])N1CCC(F)C1Cc1ccccc1. The van der Waals surface area contributed by atoms with E-state index >= 15 is 0 Å². The summed E-state index contributed by atoms with van der Waals surface area (Å²) in [5.41, 5.74) is 0.948. The minimum atomic E-state index is -1.28. The second-order valence-electron chi connectivity index (χ2n) is 4.02. The number of halogens is 1. The molecule has 86 valence electrons. The Balaban J connectivity index is 2.10. The molecule has 0 aliphatic carbocycles. The molecule has 4 heteroatoms. The van der Waals surface area contributed by atoms with E-state index in [0.717, 1.165) is 10.5 Å². The zero-order valence-electron chi connectivity index (χ0n) is 8.80. The van der Waals surface area contributed by atoms with Crippen molar-refractivity contribution in [1.82, 2.24) is 4.90 Å². The van der Waals surface area contributed by atoms with Gasteiger partial charge in [-0.15, -0.1) is 0 Å². The van der Waals surface area contributed by atoms with Crippen molar-refractivity contribution in [2.45, 2.75) is 25.1 Å². The van der Waals surface area contributed by atoms with Crippen LogP contribution in [0.3, 0.4) is 0 Å². The topological polar surface area (TPSA) is 43.4 Å². The third kappa shape index (κ3) is 2.15. The van der Waals surface area contributed by atoms with Crippen molar-refractivity contribution in [3.8, 4) is 0 Å². The van der Waals surface area contributed by atoms with E-state index in [4.69, 9.17) is 0 Å². The molecule has 1 aromatic carbocycles. The fourth-order valence-electron chi connectivity index (χ4n) is 2.14. The van der Waals surface area contributed by atoms with Crippen LogP contribution in [0, 0.1) is 0 Å². The highest BCUT2D eigenvalue weighted by Crippen LogP contribution is 2.23. The maximum atomic E-state index is 13.6. The van der Waals surface area contributed by atoms with Crippen LogP contribution in [-0.2, 0) is 6.42 Å². The van der Waals surface area contributed by atoms with Gasteiger partial charge in [-0.1, -0.05) is 30.3 Å². The van der Waals surface area contributed by atoms with Crippen LogP contribution in [0.4, 0.5) is 9.18 Å². The summed E-state index contributed by atoms with van der Waals surface area (Å²) < 4.78 is 13.6. The highest BCUT2D eigenvalue weighted by atomic mass is 19.1. The first kappa shape index (κ1) is 10.9. The fourth-order valence-corrected chi connectivity index (χ4v) is 2.14. The molecule has 0 radical (unpaired) electrons. The Labute approximate surface area is 93.5 Å². The largest absolute Gasteiger partial charge is 0.530 e. The highest BCUT2D eigenvalue weighted by Gasteiger charge is 2.34. The van der Waals surface area contributed by atoms with Crippen molar-refractivity contribution in [2.24, 2.45) is 0 Å². The second kappa shape index (κ2) is 4.51. The molecule has 0 aromatic heterocycles. The molecule has 1 aliphatic heterocycles. The summed E-state index contributed by atoms with van der Waals surface area (Å²) in [6.07, 6.45) is -1.68. The average Bonchev–Trinajstić information content (AvgIpc) is 2.62. The molecule has 16 heavy (non-hydrogen) atoms. The summed E-state index contributed by atoms with van der Waals surface area (Å²) >= 11 is 0. The van der Waals surface area contributed by atoms with Crippen LogP contribution in [0.25, 0.3) is 0 Å². The smallest absolute Gasteiger partial charge is 0.137 e. The van der Waals surface area contributed by atoms with Gasteiger partial charge in [-0.3, -0.25) is 0 Å². The van der Waals surface area contributed by atoms with E-state index in [2.05, 4.69) is 0 Å². The number of hydrogen-bond acceptors (Lipinski definition) is 2. The van der Waals surface area contributed by atoms with E-state index in [1.54, 1.807) is 0 Å². The van der Waals surface area contributed by atoms with Crippen LogP contribution < -0.4 is 5.11 Å². The molecule has 2 unspecified atom stereocenters. The van der Waals surface area contributed by atoms with Crippen molar-refractivity contribution in [3.63, 3.8) is 0 Å². The van der Waals surface area contributed by atoms with Gasteiger partial charge in [0.05, 0.1) is 6.04 Å². The average molecular weight is 222 g/mol. The van der Waals surface area contributed by atoms with E-state index < -0.39 is 18.3 Å². The quantitative estimate of drug-likeness (QED) is 0.748. The Bertz CT molecular complexity index is 369. The molecular weight excluding hydrogens is 209 g/mol. The summed E-state index contributed by atoms with van der Waals surface area (Å²) in [5, 5.41) is 10.8. The number of amides is 1. The first-order valence-corrected chi connectivity index (χ1v) is 5.34. The standard InChI is InChI=1S/C12H14FNO2/c13-10-6-7-14(12(15)16)11(10)8-9-4-2-1-3-5-9/h1-5,10-11H,6-8H2,(H,15,16)/p-1. The Morgan fingerprint density at radius 3 is 2.75 bits per heavy atom. The van der Waals surface area contributed by atoms with Gasteiger partial charge in [0.15, 0.2) is 0 Å². The van der Waals surface area contributed by atoms with Gasteiger partial charge in [0.1, 0.15) is 12.3 Å². The number of benzene rings is 1. The lowest BCUT2D eigenvalue weighted by molar-refractivity contribution is -0.266. The van der Waals surface area contributed by atoms with Crippen LogP contribution in [0.5, 0.6) is 0 Å². The number of carboxylic acid groups (broad SMARTS) is 1. The number of hydrogen-bond donors (Lipinski definition) is 0. The van der Waals surface area contributed by atoms with Gasteiger partial charge in [0, 0.05) is 6.54 Å². The van der Waals surface area contributed by atoms with Gasteiger partial charge in [-0.2, -0.15) is 0 Å². The summed E-state index contributed by atoms with van der Waals surface area (Å²) in [4.78, 5) is 11.9. The molecule has 1 saturated heterocycles. The summed E-state index contributed by atoms with van der Waals surface area (Å²) in [5.74, 6) is 0. The first-order chi connectivity index (χ1) is 7.68. The van der Waals surface area contributed by atoms with Crippen molar-refractivity contribution in [2.75, 3.05) is 6.54 Å². The summed E-state index contributed by atoms with van der Waals surface area (Å²) in [7, 11) is 0. The predicted molar refractivity (Wildman–Crippen MR) is 55.5 cm³/mol. The van der Waals surface area contributed by atoms with Gasteiger partial charge >= 0.3 is 0 Å². The van der Waals surface area contributed by atoms with Crippen molar-refractivity contribution >= 4 is 6.09 Å². The number of rotatable bonds is 2. The van der Waals surface area contributed by atoms with E-state index in [-0.39, 0.29) is 13.0 Å². The third-order valence-electron chi connectivity index (χ3n) is 2.99. The maximum Gasteiger partial charge on any atom is 0.137 e. The number of likely N-dealkylation sites (tertiary alicyclic amines) is 1. The number of carbonyl (C=O) groups is 1. The van der Waals surface area contributed by atoms with Gasteiger partial charge in [-0.05, 0) is 18.4 Å². The van der Waals surface area contributed by atoms with Crippen LogP contribution in [0.15, 0.2) is 30.3 Å². The summed E-state index contributed by atoms with van der Waals surface area (Å²) in [6.45, 7) is 0.237. The highest BCUT2D eigenvalue weighted by molar-refractivity contribution is 5.63. The van der Waals surface area contributed by atoms with Crippen LogP contribution in [-0.4, -0.2) is 29.8 Å². The van der Waals surface area contributed by atoms with Crippen molar-refractivity contribution in [1.29, 1.82) is 0 Å². The minimum absolute atomic E-state index is 0.237. The first-order valence-electron chi connectivity index (χ1n) is 5.34. The molecular formula is C12H13FNO2-. The Morgan fingerprint density at radius 2 is 2.12 bits per heavy atom. The Kier molecular flexibility index (Phi) is 3.08. The van der Waals surface area contributed by atoms with E-state index in [1.165, 1.54) is 0 Å². The summed E-state index contributed by atoms with van der Waals surface area (Å²) in [6, 6.07) is 8.76. The van der Waals surface area contributed by atoms with Crippen molar-refractivity contribution in [3.05, 3.63) is 35.9 Å². The third-order valence-corrected chi connectivity index (χ3v) is 2.99. The monoisotopic (exact) mass is 222 g/mol. The zero-order chi connectivity index (χ0) is 11.5. The van der Waals surface area contributed by atoms with E-state index in [9.17, 15) is 14.3 Å². The molecule has 1 aromatic rings. The molecule has 1 aliphatic rings. The zero-order valence-corrected chi connectivity index (χ0v) is 8.80. The van der Waals surface area contributed by atoms with Crippen molar-refractivity contribution < 1.29 is 14.3 Å². The van der Waals surface area contributed by atoms with Gasteiger partial charge in [-0.25, -0.2) is 4.39 Å². The lowest BCUT2D eigenvalue weighted by atomic mass is 10.0. The molecule has 1 fully saturated rings. The maximum absolute atomic E-state index is 13.6. The molecule has 0 spiro atoms. The minimum Gasteiger partial charge on any atom is -0.530 e. The molecule has 1 heterocycles. The molecule has 0 bridgehead atoms.